The second-order valence-corrected chi connectivity index (χ2v) is 5.82. The van der Waals surface area contributed by atoms with Crippen LogP contribution in [0.15, 0.2) is 24.3 Å². The smallest absolute Gasteiger partial charge is 0.328 e. The average Bonchev–Trinajstić information content (AvgIpc) is 2.56. The largest absolute Gasteiger partial charge is 0.370 e. The Balaban J connectivity index is 2.22. The number of carbonyl (C=O) groups excluding carboxylic acids is 2. The standard InChI is InChI=1S/C11H13N3O5S/c12-9(15)6-3-7-1-4-8(5-2-7)14-11(17)10(16)13-20(14,18)19/h1-2,4-5,11,17H,3,6H2,(H2,12,15)(H,13,16). The fourth-order valence-corrected chi connectivity index (χ4v) is 3.04. The molecule has 1 fully saturated rings. The number of hydrogen-bond donors (Lipinski definition) is 3. The third kappa shape index (κ3) is 2.73. The predicted molar refractivity (Wildman–Crippen MR) is 69.5 cm³/mol. The number of nitrogens with two attached hydrogens (primary N) is 1. The first-order chi connectivity index (χ1) is 9.31. The van der Waals surface area contributed by atoms with Crippen LogP contribution in [0.1, 0.15) is 12.0 Å². The van der Waals surface area contributed by atoms with Gasteiger partial charge in [-0.05, 0) is 24.1 Å². The van der Waals surface area contributed by atoms with E-state index < -0.39 is 28.3 Å². The van der Waals surface area contributed by atoms with Crippen LogP contribution in [0.2, 0.25) is 0 Å². The van der Waals surface area contributed by atoms with E-state index in [9.17, 15) is 23.1 Å². The number of carbonyl (C=O) groups is 2. The van der Waals surface area contributed by atoms with Crippen molar-refractivity contribution in [3.05, 3.63) is 29.8 Å². The molecule has 108 valence electrons. The number of rotatable bonds is 4. The van der Waals surface area contributed by atoms with Gasteiger partial charge >= 0.3 is 10.2 Å². The minimum atomic E-state index is -4.07. The summed E-state index contributed by atoms with van der Waals surface area (Å²) in [5, 5.41) is 9.57. The molecule has 1 aliphatic rings. The van der Waals surface area contributed by atoms with Gasteiger partial charge in [0.2, 0.25) is 12.1 Å². The summed E-state index contributed by atoms with van der Waals surface area (Å²) in [6, 6.07) is 6.08. The summed E-state index contributed by atoms with van der Waals surface area (Å²) in [4.78, 5) is 21.9. The molecule has 0 spiro atoms. The maximum absolute atomic E-state index is 11.7. The molecule has 1 saturated heterocycles. The van der Waals surface area contributed by atoms with Crippen molar-refractivity contribution in [3.63, 3.8) is 0 Å². The Hall–Kier alpha value is -2.13. The van der Waals surface area contributed by atoms with E-state index in [1.165, 1.54) is 12.1 Å². The Kier molecular flexibility index (Phi) is 3.64. The van der Waals surface area contributed by atoms with Gasteiger partial charge in [-0.1, -0.05) is 12.1 Å². The van der Waals surface area contributed by atoms with Crippen LogP contribution in [-0.2, 0) is 26.2 Å². The van der Waals surface area contributed by atoms with Crippen molar-refractivity contribution in [1.82, 2.24) is 4.72 Å². The molecule has 8 nitrogen and oxygen atoms in total. The molecular weight excluding hydrogens is 286 g/mol. The van der Waals surface area contributed by atoms with Crippen molar-refractivity contribution >= 4 is 27.7 Å². The molecule has 0 bridgehead atoms. The van der Waals surface area contributed by atoms with Gasteiger partial charge in [0.05, 0.1) is 5.69 Å². The van der Waals surface area contributed by atoms with E-state index in [0.29, 0.717) is 10.7 Å². The van der Waals surface area contributed by atoms with Gasteiger partial charge in [-0.25, -0.2) is 9.03 Å². The van der Waals surface area contributed by atoms with Crippen LogP contribution in [0.25, 0.3) is 0 Å². The Labute approximate surface area is 115 Å². The Bertz CT molecular complexity index is 641. The van der Waals surface area contributed by atoms with Crippen molar-refractivity contribution in [2.24, 2.45) is 5.73 Å². The number of nitrogens with zero attached hydrogens (tertiary/aromatic N) is 1. The zero-order valence-electron chi connectivity index (χ0n) is 10.3. The maximum atomic E-state index is 11.7. The highest BCUT2D eigenvalue weighted by Crippen LogP contribution is 2.24. The lowest BCUT2D eigenvalue weighted by Crippen LogP contribution is -2.35. The summed E-state index contributed by atoms with van der Waals surface area (Å²) < 4.78 is 25.6. The summed E-state index contributed by atoms with van der Waals surface area (Å²) in [6.07, 6.45) is -1.16. The van der Waals surface area contributed by atoms with E-state index in [2.05, 4.69) is 0 Å². The number of benzene rings is 1. The van der Waals surface area contributed by atoms with Crippen LogP contribution in [0.3, 0.4) is 0 Å². The van der Waals surface area contributed by atoms with Crippen molar-refractivity contribution in [1.29, 1.82) is 0 Å². The third-order valence-corrected chi connectivity index (χ3v) is 4.18. The van der Waals surface area contributed by atoms with Gasteiger partial charge in [-0.3, -0.25) is 9.59 Å². The quantitative estimate of drug-likeness (QED) is 0.630. The molecular formula is C11H13N3O5S. The Morgan fingerprint density at radius 1 is 1.35 bits per heavy atom. The van der Waals surface area contributed by atoms with E-state index in [0.717, 1.165) is 5.56 Å². The molecule has 9 heteroatoms. The lowest BCUT2D eigenvalue weighted by Gasteiger charge is -2.18. The molecule has 1 aromatic rings. The van der Waals surface area contributed by atoms with Crippen molar-refractivity contribution in [2.75, 3.05) is 4.31 Å². The van der Waals surface area contributed by atoms with E-state index in [4.69, 9.17) is 5.73 Å². The highest BCUT2D eigenvalue weighted by molar-refractivity contribution is 7.92. The molecule has 1 heterocycles. The molecule has 1 aliphatic heterocycles. The predicted octanol–water partition coefficient (Wildman–Crippen LogP) is -1.40. The second kappa shape index (κ2) is 5.10. The Morgan fingerprint density at radius 3 is 2.40 bits per heavy atom. The molecule has 0 aliphatic carbocycles. The lowest BCUT2D eigenvalue weighted by atomic mass is 10.1. The maximum Gasteiger partial charge on any atom is 0.328 e. The molecule has 0 saturated carbocycles. The van der Waals surface area contributed by atoms with E-state index >= 15 is 0 Å². The van der Waals surface area contributed by atoms with Crippen LogP contribution in [-0.4, -0.2) is 31.6 Å². The molecule has 2 amide bonds. The van der Waals surface area contributed by atoms with Crippen LogP contribution < -0.4 is 14.8 Å². The highest BCUT2D eigenvalue weighted by Gasteiger charge is 2.42. The van der Waals surface area contributed by atoms with Crippen molar-refractivity contribution < 1.29 is 23.1 Å². The molecule has 20 heavy (non-hydrogen) atoms. The number of aliphatic hydroxyl groups excluding tert-OH is 1. The molecule has 0 aromatic heterocycles. The van der Waals surface area contributed by atoms with Crippen LogP contribution in [0, 0.1) is 0 Å². The normalized spacial score (nSPS) is 20.8. The second-order valence-electron chi connectivity index (χ2n) is 4.27. The van der Waals surface area contributed by atoms with Gasteiger partial charge in [0.1, 0.15) is 0 Å². The highest BCUT2D eigenvalue weighted by atomic mass is 32.2. The van der Waals surface area contributed by atoms with Gasteiger partial charge in [0.15, 0.2) is 0 Å². The van der Waals surface area contributed by atoms with Crippen molar-refractivity contribution in [2.45, 2.75) is 19.1 Å². The minimum absolute atomic E-state index is 0.152. The Morgan fingerprint density at radius 2 is 1.95 bits per heavy atom. The summed E-state index contributed by atoms with van der Waals surface area (Å²) in [6.45, 7) is 0. The topological polar surface area (TPSA) is 130 Å². The molecule has 1 unspecified atom stereocenters. The number of nitrogens with one attached hydrogen (secondary N) is 1. The van der Waals surface area contributed by atoms with E-state index in [-0.39, 0.29) is 12.1 Å². The molecule has 4 N–H and O–H groups in total. The number of hydrogen-bond acceptors (Lipinski definition) is 5. The summed E-state index contributed by atoms with van der Waals surface area (Å²) in [5.74, 6) is -1.43. The number of amides is 2. The van der Waals surface area contributed by atoms with Crippen LogP contribution in [0.5, 0.6) is 0 Å². The molecule has 1 atom stereocenters. The number of anilines is 1. The van der Waals surface area contributed by atoms with Crippen LogP contribution in [0.4, 0.5) is 5.69 Å². The number of aliphatic hydroxyl groups is 1. The summed E-state index contributed by atoms with van der Waals surface area (Å²) >= 11 is 0. The fraction of sp³-hybridized carbons (Fsp3) is 0.273. The lowest BCUT2D eigenvalue weighted by molar-refractivity contribution is -0.125. The number of aryl methyl sites for hydroxylation is 1. The van der Waals surface area contributed by atoms with E-state index in [1.54, 1.807) is 16.9 Å². The number of primary amides is 1. The SMILES string of the molecule is NC(=O)CCc1ccc(N2C(O)C(=O)NS2(=O)=O)cc1. The molecule has 0 radical (unpaired) electrons. The first-order valence-electron chi connectivity index (χ1n) is 5.72. The van der Waals surface area contributed by atoms with Gasteiger partial charge in [-0.15, -0.1) is 0 Å². The van der Waals surface area contributed by atoms with Gasteiger partial charge < -0.3 is 10.8 Å². The van der Waals surface area contributed by atoms with E-state index in [1.807, 2.05) is 0 Å². The summed E-state index contributed by atoms with van der Waals surface area (Å²) in [5.41, 5.74) is 5.97. The molecule has 2 rings (SSSR count). The van der Waals surface area contributed by atoms with Gasteiger partial charge in [0, 0.05) is 6.42 Å². The fourth-order valence-electron chi connectivity index (χ4n) is 1.82. The average molecular weight is 299 g/mol. The first kappa shape index (κ1) is 14.3. The monoisotopic (exact) mass is 299 g/mol. The zero-order valence-corrected chi connectivity index (χ0v) is 11.1. The third-order valence-electron chi connectivity index (χ3n) is 2.80. The minimum Gasteiger partial charge on any atom is -0.370 e. The van der Waals surface area contributed by atoms with Gasteiger partial charge in [0.25, 0.3) is 5.91 Å². The first-order valence-corrected chi connectivity index (χ1v) is 7.16. The van der Waals surface area contributed by atoms with Crippen LogP contribution >= 0.6 is 0 Å². The zero-order chi connectivity index (χ0) is 14.9. The van der Waals surface area contributed by atoms with Crippen molar-refractivity contribution in [3.8, 4) is 0 Å². The molecule has 1 aromatic carbocycles. The van der Waals surface area contributed by atoms with Gasteiger partial charge in [-0.2, -0.15) is 8.42 Å². The summed E-state index contributed by atoms with van der Waals surface area (Å²) in [7, 11) is -4.07.